The average molecular weight is 486 g/mol. The summed E-state index contributed by atoms with van der Waals surface area (Å²) < 4.78 is 7.21. The van der Waals surface area contributed by atoms with Crippen molar-refractivity contribution in [2.75, 3.05) is 31.1 Å². The van der Waals surface area contributed by atoms with Gasteiger partial charge in [-0.1, -0.05) is 38.1 Å². The van der Waals surface area contributed by atoms with Crippen LogP contribution in [0.2, 0.25) is 0 Å². The lowest BCUT2D eigenvalue weighted by atomic mass is 9.96. The van der Waals surface area contributed by atoms with E-state index < -0.39 is 0 Å². The zero-order valence-corrected chi connectivity index (χ0v) is 21.4. The van der Waals surface area contributed by atoms with Crippen LogP contribution in [0.1, 0.15) is 48.2 Å². The fourth-order valence-corrected chi connectivity index (χ4v) is 4.27. The van der Waals surface area contributed by atoms with E-state index in [1.807, 2.05) is 37.8 Å². The number of amides is 1. The quantitative estimate of drug-likeness (QED) is 0.428. The van der Waals surface area contributed by atoms with Crippen LogP contribution >= 0.6 is 0 Å². The number of piperazine rings is 1. The standard InChI is InChI=1S/C27H31N7O2/c1-18-6-7-19(2)22(14-18)32-10-12-33(13-11-32)25(35)21-16-34(17-29-21)23-15-20(8-9-28-23)24-30-26(31-36-24)27(3,4)5/h6-9,14-17H,10-13H2,1-5H3. The molecule has 1 saturated heterocycles. The summed E-state index contributed by atoms with van der Waals surface area (Å²) >= 11 is 0. The molecular formula is C27H31N7O2. The molecule has 5 rings (SSSR count). The normalized spacial score (nSPS) is 14.4. The molecule has 1 aliphatic rings. The molecule has 0 unspecified atom stereocenters. The van der Waals surface area contributed by atoms with E-state index in [-0.39, 0.29) is 11.3 Å². The second-order valence-corrected chi connectivity index (χ2v) is 10.3. The first-order chi connectivity index (χ1) is 17.2. The number of aromatic nitrogens is 5. The van der Waals surface area contributed by atoms with Gasteiger partial charge < -0.3 is 14.3 Å². The lowest BCUT2D eigenvalue weighted by molar-refractivity contribution is 0.0741. The van der Waals surface area contributed by atoms with Gasteiger partial charge in [0.05, 0.1) is 0 Å². The van der Waals surface area contributed by atoms with Gasteiger partial charge in [0.25, 0.3) is 11.8 Å². The Morgan fingerprint density at radius 2 is 1.78 bits per heavy atom. The van der Waals surface area contributed by atoms with Gasteiger partial charge in [-0.3, -0.25) is 9.36 Å². The smallest absolute Gasteiger partial charge is 0.274 e. The highest BCUT2D eigenvalue weighted by Crippen LogP contribution is 2.25. The van der Waals surface area contributed by atoms with Gasteiger partial charge in [-0.2, -0.15) is 4.98 Å². The second kappa shape index (κ2) is 9.22. The van der Waals surface area contributed by atoms with Gasteiger partial charge in [0.1, 0.15) is 17.8 Å². The molecule has 1 aromatic carbocycles. The van der Waals surface area contributed by atoms with Crippen LogP contribution in [-0.2, 0) is 5.41 Å². The highest BCUT2D eigenvalue weighted by atomic mass is 16.5. The van der Waals surface area contributed by atoms with Crippen molar-refractivity contribution >= 4 is 11.6 Å². The van der Waals surface area contributed by atoms with Crippen molar-refractivity contribution in [3.8, 4) is 17.3 Å². The number of imidazole rings is 1. The molecule has 0 aliphatic carbocycles. The maximum absolute atomic E-state index is 13.2. The SMILES string of the molecule is Cc1ccc(C)c(N2CCN(C(=O)c3cn(-c4cc(-c5nc(C(C)(C)C)no5)ccn4)cn3)CC2)c1. The van der Waals surface area contributed by atoms with Gasteiger partial charge in [-0.25, -0.2) is 9.97 Å². The molecule has 0 spiro atoms. The molecule has 36 heavy (non-hydrogen) atoms. The number of carbonyl (C=O) groups is 1. The molecule has 186 valence electrons. The van der Waals surface area contributed by atoms with E-state index in [1.165, 1.54) is 16.8 Å². The number of nitrogens with zero attached hydrogens (tertiary/aromatic N) is 7. The topological polar surface area (TPSA) is 93.2 Å². The van der Waals surface area contributed by atoms with E-state index in [9.17, 15) is 4.79 Å². The van der Waals surface area contributed by atoms with Crippen LogP contribution in [0.25, 0.3) is 17.3 Å². The first-order valence-electron chi connectivity index (χ1n) is 12.2. The molecule has 1 aliphatic heterocycles. The Morgan fingerprint density at radius 1 is 1.00 bits per heavy atom. The first kappa shape index (κ1) is 23.7. The third-order valence-electron chi connectivity index (χ3n) is 6.43. The van der Waals surface area contributed by atoms with Gasteiger partial charge >= 0.3 is 0 Å². The maximum Gasteiger partial charge on any atom is 0.274 e. The zero-order chi connectivity index (χ0) is 25.4. The number of pyridine rings is 1. The van der Waals surface area contributed by atoms with Crippen LogP contribution in [0.3, 0.4) is 0 Å². The minimum absolute atomic E-state index is 0.0720. The Hall–Kier alpha value is -4.01. The fourth-order valence-electron chi connectivity index (χ4n) is 4.27. The number of benzene rings is 1. The number of hydrogen-bond donors (Lipinski definition) is 0. The van der Waals surface area contributed by atoms with E-state index in [0.717, 1.165) is 18.7 Å². The molecule has 0 saturated carbocycles. The second-order valence-electron chi connectivity index (χ2n) is 10.3. The molecule has 1 fully saturated rings. The molecule has 4 aromatic rings. The molecule has 1 amide bonds. The van der Waals surface area contributed by atoms with Gasteiger partial charge in [-0.05, 0) is 43.2 Å². The van der Waals surface area contributed by atoms with Gasteiger partial charge in [0.15, 0.2) is 5.82 Å². The molecule has 9 heteroatoms. The summed E-state index contributed by atoms with van der Waals surface area (Å²) in [6, 6.07) is 10.2. The summed E-state index contributed by atoms with van der Waals surface area (Å²) in [5.41, 5.74) is 4.69. The van der Waals surface area contributed by atoms with Crippen LogP contribution < -0.4 is 4.90 Å². The maximum atomic E-state index is 13.2. The molecular weight excluding hydrogens is 454 g/mol. The Labute approximate surface area is 210 Å². The Morgan fingerprint density at radius 3 is 2.50 bits per heavy atom. The summed E-state index contributed by atoms with van der Waals surface area (Å²) in [7, 11) is 0. The van der Waals surface area contributed by atoms with Crippen molar-refractivity contribution in [1.29, 1.82) is 0 Å². The molecule has 4 heterocycles. The Kier molecular flexibility index (Phi) is 6.07. The third-order valence-corrected chi connectivity index (χ3v) is 6.43. The number of hydrogen-bond acceptors (Lipinski definition) is 7. The van der Waals surface area contributed by atoms with Gasteiger partial charge in [0.2, 0.25) is 0 Å². The Bertz CT molecular complexity index is 1390. The number of aryl methyl sites for hydroxylation is 2. The summed E-state index contributed by atoms with van der Waals surface area (Å²) in [6.45, 7) is 13.2. The lowest BCUT2D eigenvalue weighted by Crippen LogP contribution is -2.49. The molecule has 0 N–H and O–H groups in total. The van der Waals surface area contributed by atoms with E-state index in [2.05, 4.69) is 57.1 Å². The van der Waals surface area contributed by atoms with Crippen LogP contribution in [0.4, 0.5) is 5.69 Å². The fraction of sp³-hybridized carbons (Fsp3) is 0.370. The van der Waals surface area contributed by atoms with Crippen molar-refractivity contribution in [3.05, 3.63) is 71.7 Å². The minimum atomic E-state index is -0.207. The molecule has 3 aromatic heterocycles. The van der Waals surface area contributed by atoms with Crippen molar-refractivity contribution in [1.82, 2.24) is 29.6 Å². The Balaban J connectivity index is 1.28. The molecule has 9 nitrogen and oxygen atoms in total. The summed E-state index contributed by atoms with van der Waals surface area (Å²) in [4.78, 5) is 30.7. The summed E-state index contributed by atoms with van der Waals surface area (Å²) in [5, 5.41) is 4.10. The van der Waals surface area contributed by atoms with E-state index in [4.69, 9.17) is 4.52 Å². The average Bonchev–Trinajstić information content (AvgIpc) is 3.56. The van der Waals surface area contributed by atoms with Gasteiger partial charge in [0, 0.05) is 55.2 Å². The minimum Gasteiger partial charge on any atom is -0.368 e. The predicted octanol–water partition coefficient (Wildman–Crippen LogP) is 4.19. The van der Waals surface area contributed by atoms with Crippen molar-refractivity contribution in [2.24, 2.45) is 0 Å². The lowest BCUT2D eigenvalue weighted by Gasteiger charge is -2.36. The van der Waals surface area contributed by atoms with Crippen molar-refractivity contribution in [3.63, 3.8) is 0 Å². The van der Waals surface area contributed by atoms with Crippen LogP contribution in [0, 0.1) is 13.8 Å². The van der Waals surface area contributed by atoms with Crippen molar-refractivity contribution < 1.29 is 9.32 Å². The highest BCUT2D eigenvalue weighted by Gasteiger charge is 2.25. The van der Waals surface area contributed by atoms with Crippen LogP contribution in [-0.4, -0.2) is 61.7 Å². The number of rotatable bonds is 4. The first-order valence-corrected chi connectivity index (χ1v) is 12.2. The third kappa shape index (κ3) is 4.73. The zero-order valence-electron chi connectivity index (χ0n) is 21.4. The summed E-state index contributed by atoms with van der Waals surface area (Å²) in [5.74, 6) is 1.62. The predicted molar refractivity (Wildman–Crippen MR) is 137 cm³/mol. The largest absolute Gasteiger partial charge is 0.368 e. The highest BCUT2D eigenvalue weighted by molar-refractivity contribution is 5.92. The molecule has 0 bridgehead atoms. The molecule has 0 atom stereocenters. The van der Waals surface area contributed by atoms with E-state index in [0.29, 0.717) is 36.3 Å². The van der Waals surface area contributed by atoms with Crippen LogP contribution in [0.5, 0.6) is 0 Å². The van der Waals surface area contributed by atoms with Gasteiger partial charge in [-0.15, -0.1) is 0 Å². The van der Waals surface area contributed by atoms with Crippen LogP contribution in [0.15, 0.2) is 53.6 Å². The van der Waals surface area contributed by atoms with E-state index in [1.54, 1.807) is 23.3 Å². The number of carbonyl (C=O) groups excluding carboxylic acids is 1. The molecule has 0 radical (unpaired) electrons. The van der Waals surface area contributed by atoms with Crippen molar-refractivity contribution in [2.45, 2.75) is 40.0 Å². The van der Waals surface area contributed by atoms with E-state index >= 15 is 0 Å². The number of anilines is 1. The summed E-state index contributed by atoms with van der Waals surface area (Å²) in [6.07, 6.45) is 5.01. The monoisotopic (exact) mass is 485 g/mol.